The maximum absolute atomic E-state index is 14.1. The van der Waals surface area contributed by atoms with Gasteiger partial charge in [0.1, 0.15) is 11.8 Å². The Morgan fingerprint density at radius 3 is 2.35 bits per heavy atom. The third-order valence-electron chi connectivity index (χ3n) is 9.66. The van der Waals surface area contributed by atoms with Crippen molar-refractivity contribution in [2.75, 3.05) is 13.3 Å². The van der Waals surface area contributed by atoms with Crippen molar-refractivity contribution in [3.63, 3.8) is 0 Å². The number of unbranched alkanes of at least 4 members (excludes halogenated alkanes) is 2. The number of imide groups is 1. The SMILES string of the molecule is O=C(CCCCCN1C(=O)CCC1=O)Oc1ccc2cc(C(C(=O)NCc3ccccc3)N(C(=O)Cc3ccc4c(c3)OCO4)C3CC3)ccc2c1. The molecule has 52 heavy (non-hydrogen) atoms. The molecule has 2 fully saturated rings. The quantitative estimate of drug-likeness (QED) is 0.0715. The molecule has 2 aliphatic heterocycles. The maximum atomic E-state index is 14.1. The number of esters is 1. The molecular weight excluding hydrogens is 662 g/mol. The van der Waals surface area contributed by atoms with E-state index in [1.54, 1.807) is 23.1 Å². The molecule has 3 aliphatic rings. The monoisotopic (exact) mass is 703 g/mol. The zero-order valence-corrected chi connectivity index (χ0v) is 28.9. The predicted octanol–water partition coefficient (Wildman–Crippen LogP) is 5.77. The number of nitrogens with zero attached hydrogens (tertiary/aromatic N) is 2. The van der Waals surface area contributed by atoms with Crippen molar-refractivity contribution < 1.29 is 38.2 Å². The van der Waals surface area contributed by atoms with E-state index in [0.29, 0.717) is 55.2 Å². The van der Waals surface area contributed by atoms with Gasteiger partial charge < -0.3 is 24.4 Å². The van der Waals surface area contributed by atoms with Crippen molar-refractivity contribution in [1.82, 2.24) is 15.1 Å². The minimum absolute atomic E-state index is 0.0586. The summed E-state index contributed by atoms with van der Waals surface area (Å²) in [6.07, 6.45) is 4.46. The van der Waals surface area contributed by atoms with Crippen LogP contribution in [0.4, 0.5) is 0 Å². The molecule has 11 heteroatoms. The fourth-order valence-corrected chi connectivity index (χ4v) is 6.79. The molecule has 1 aliphatic carbocycles. The summed E-state index contributed by atoms with van der Waals surface area (Å²) in [5.74, 6) is 0.632. The number of ether oxygens (including phenoxy) is 3. The second-order valence-corrected chi connectivity index (χ2v) is 13.5. The first kappa shape index (κ1) is 34.7. The molecular formula is C41H41N3O8. The van der Waals surface area contributed by atoms with Gasteiger partial charge in [0.25, 0.3) is 0 Å². The van der Waals surface area contributed by atoms with E-state index < -0.39 is 6.04 Å². The van der Waals surface area contributed by atoms with Gasteiger partial charge >= 0.3 is 5.97 Å². The average molecular weight is 704 g/mol. The van der Waals surface area contributed by atoms with E-state index in [4.69, 9.17) is 14.2 Å². The second-order valence-electron chi connectivity index (χ2n) is 13.5. The summed E-state index contributed by atoms with van der Waals surface area (Å²) >= 11 is 0. The van der Waals surface area contributed by atoms with Crippen LogP contribution in [0, 0.1) is 0 Å². The summed E-state index contributed by atoms with van der Waals surface area (Å²) < 4.78 is 16.6. The molecule has 0 radical (unpaired) electrons. The lowest BCUT2D eigenvalue weighted by Gasteiger charge is -2.32. The van der Waals surface area contributed by atoms with E-state index in [1.165, 1.54) is 4.90 Å². The first-order valence-electron chi connectivity index (χ1n) is 17.9. The van der Waals surface area contributed by atoms with Crippen LogP contribution in [-0.4, -0.2) is 58.8 Å². The number of carbonyl (C=O) groups excluding carboxylic acids is 5. The zero-order valence-electron chi connectivity index (χ0n) is 28.9. The van der Waals surface area contributed by atoms with Crippen LogP contribution in [0.1, 0.15) is 74.1 Å². The standard InChI is InChI=1S/C41H41N3O8/c45-36-18-19-37(46)43(36)20-6-2-5-9-39(48)52-33-16-13-29-23-31(12-11-30(29)24-33)40(41(49)42-25-27-7-3-1-4-8-27)44(32-14-15-32)38(47)22-28-10-17-34-35(21-28)51-26-50-34/h1,3-4,7-8,10-13,16-17,21,23-24,32,40H,2,5-6,9,14-15,18-20,22,25-26H2,(H,42,49). The molecule has 268 valence electrons. The first-order valence-corrected chi connectivity index (χ1v) is 17.9. The van der Waals surface area contributed by atoms with Gasteiger partial charge in [-0.05, 0) is 83.5 Å². The molecule has 1 unspecified atom stereocenters. The highest BCUT2D eigenvalue weighted by Crippen LogP contribution is 2.38. The minimum Gasteiger partial charge on any atom is -0.454 e. The predicted molar refractivity (Wildman–Crippen MR) is 191 cm³/mol. The third kappa shape index (κ3) is 8.25. The highest BCUT2D eigenvalue weighted by molar-refractivity contribution is 6.01. The van der Waals surface area contributed by atoms with Crippen LogP contribution < -0.4 is 19.5 Å². The molecule has 4 aromatic carbocycles. The largest absolute Gasteiger partial charge is 0.454 e. The van der Waals surface area contributed by atoms with E-state index in [-0.39, 0.29) is 68.1 Å². The van der Waals surface area contributed by atoms with Gasteiger partial charge in [0.15, 0.2) is 11.5 Å². The Hall–Kier alpha value is -5.71. The summed E-state index contributed by atoms with van der Waals surface area (Å²) in [5.41, 5.74) is 2.42. The molecule has 0 bridgehead atoms. The molecule has 7 rings (SSSR count). The third-order valence-corrected chi connectivity index (χ3v) is 9.66. The number of carbonyl (C=O) groups is 5. The van der Waals surface area contributed by atoms with Crippen LogP contribution in [0.5, 0.6) is 17.2 Å². The Morgan fingerprint density at radius 2 is 1.56 bits per heavy atom. The van der Waals surface area contributed by atoms with Gasteiger partial charge in [0.05, 0.1) is 6.42 Å². The average Bonchev–Trinajstić information content (AvgIpc) is 3.79. The molecule has 1 atom stereocenters. The van der Waals surface area contributed by atoms with Crippen LogP contribution >= 0.6 is 0 Å². The fraction of sp³-hybridized carbons (Fsp3) is 0.341. The number of fused-ring (bicyclic) bond motifs is 2. The Labute approximate surface area is 301 Å². The Bertz CT molecular complexity index is 1980. The summed E-state index contributed by atoms with van der Waals surface area (Å²) in [7, 11) is 0. The van der Waals surface area contributed by atoms with Crippen molar-refractivity contribution in [3.8, 4) is 17.2 Å². The van der Waals surface area contributed by atoms with Gasteiger partial charge in [-0.25, -0.2) is 0 Å². The molecule has 4 amide bonds. The molecule has 2 heterocycles. The van der Waals surface area contributed by atoms with Crippen LogP contribution in [0.3, 0.4) is 0 Å². The number of hydrogen-bond acceptors (Lipinski definition) is 8. The second kappa shape index (κ2) is 15.7. The van der Waals surface area contributed by atoms with E-state index in [0.717, 1.165) is 34.7 Å². The van der Waals surface area contributed by atoms with Crippen LogP contribution in [0.15, 0.2) is 84.9 Å². The number of nitrogens with one attached hydrogen (secondary N) is 1. The lowest BCUT2D eigenvalue weighted by molar-refractivity contribution is -0.141. The molecule has 4 aromatic rings. The van der Waals surface area contributed by atoms with Crippen molar-refractivity contribution >= 4 is 40.4 Å². The summed E-state index contributed by atoms with van der Waals surface area (Å²) in [6, 6.07) is 25.2. The van der Waals surface area contributed by atoms with Gasteiger partial charge in [-0.3, -0.25) is 28.9 Å². The first-order chi connectivity index (χ1) is 25.3. The fourth-order valence-electron chi connectivity index (χ4n) is 6.79. The highest BCUT2D eigenvalue weighted by Gasteiger charge is 2.41. The number of hydrogen-bond donors (Lipinski definition) is 1. The van der Waals surface area contributed by atoms with E-state index in [9.17, 15) is 24.0 Å². The Morgan fingerprint density at radius 1 is 0.808 bits per heavy atom. The van der Waals surface area contributed by atoms with Gasteiger partial charge in [-0.2, -0.15) is 0 Å². The summed E-state index contributed by atoms with van der Waals surface area (Å²) in [6.45, 7) is 0.859. The Kier molecular flexibility index (Phi) is 10.5. The van der Waals surface area contributed by atoms with Crippen molar-refractivity contribution in [2.24, 2.45) is 0 Å². The van der Waals surface area contributed by atoms with E-state index in [2.05, 4.69) is 5.32 Å². The highest BCUT2D eigenvalue weighted by atomic mass is 16.7. The molecule has 0 spiro atoms. The summed E-state index contributed by atoms with van der Waals surface area (Å²) in [4.78, 5) is 67.4. The molecule has 1 saturated carbocycles. The Balaban J connectivity index is 1.04. The lowest BCUT2D eigenvalue weighted by Crippen LogP contribution is -2.45. The zero-order chi connectivity index (χ0) is 36.0. The number of rotatable bonds is 15. The number of amides is 4. The summed E-state index contributed by atoms with van der Waals surface area (Å²) in [5, 5.41) is 4.73. The van der Waals surface area contributed by atoms with Crippen LogP contribution in [-0.2, 0) is 36.9 Å². The minimum atomic E-state index is -0.860. The van der Waals surface area contributed by atoms with Crippen molar-refractivity contribution in [1.29, 1.82) is 0 Å². The van der Waals surface area contributed by atoms with Gasteiger partial charge in [-0.15, -0.1) is 0 Å². The maximum Gasteiger partial charge on any atom is 0.311 e. The normalized spacial score (nSPS) is 15.5. The van der Waals surface area contributed by atoms with Gasteiger partial charge in [0, 0.05) is 38.4 Å². The van der Waals surface area contributed by atoms with E-state index in [1.807, 2.05) is 66.7 Å². The molecule has 1 saturated heterocycles. The molecule has 0 aromatic heterocycles. The van der Waals surface area contributed by atoms with Crippen LogP contribution in [0.25, 0.3) is 10.8 Å². The van der Waals surface area contributed by atoms with Crippen molar-refractivity contribution in [2.45, 2.75) is 76.4 Å². The molecule has 11 nitrogen and oxygen atoms in total. The topological polar surface area (TPSA) is 132 Å². The van der Waals surface area contributed by atoms with Crippen molar-refractivity contribution in [3.05, 3.63) is 102 Å². The van der Waals surface area contributed by atoms with Gasteiger partial charge in [0.2, 0.25) is 30.4 Å². The lowest BCUT2D eigenvalue weighted by atomic mass is 9.98. The smallest absolute Gasteiger partial charge is 0.311 e. The van der Waals surface area contributed by atoms with E-state index >= 15 is 0 Å². The van der Waals surface area contributed by atoms with Crippen LogP contribution in [0.2, 0.25) is 0 Å². The van der Waals surface area contributed by atoms with Gasteiger partial charge in [-0.1, -0.05) is 61.0 Å². The molecule has 1 N–H and O–H groups in total. The number of likely N-dealkylation sites (tertiary alicyclic amines) is 1. The number of benzene rings is 4.